The maximum atomic E-state index is 9.36. The molecule has 0 unspecified atom stereocenters. The summed E-state index contributed by atoms with van der Waals surface area (Å²) in [6.07, 6.45) is 0. The number of aromatic nitrogens is 2. The van der Waals surface area contributed by atoms with Gasteiger partial charge in [0.25, 0.3) is 0 Å². The molecule has 0 aliphatic carbocycles. The predicted molar refractivity (Wildman–Crippen MR) is 270 cm³/mol. The Labute approximate surface area is 372 Å². The highest BCUT2D eigenvalue weighted by Gasteiger charge is 2.41. The van der Waals surface area contributed by atoms with Crippen LogP contribution in [0.4, 0.5) is 0 Å². The maximum absolute atomic E-state index is 9.36. The van der Waals surface area contributed by atoms with E-state index in [-0.39, 0.29) is 18.1 Å². The summed E-state index contributed by atoms with van der Waals surface area (Å²) in [6, 6.07) is 84.6. The molecule has 2 heterocycles. The lowest BCUT2D eigenvalue weighted by Gasteiger charge is -2.34. The van der Waals surface area contributed by atoms with Crippen molar-refractivity contribution in [3.05, 3.63) is 255 Å². The van der Waals surface area contributed by atoms with Crippen molar-refractivity contribution >= 4 is 72.4 Å². The average Bonchev–Trinajstić information content (AvgIpc) is 3.89. The van der Waals surface area contributed by atoms with Gasteiger partial charge in [0.2, 0.25) is 0 Å². The largest absolute Gasteiger partial charge is 0.309 e. The Hall–Kier alpha value is -7.98. The zero-order valence-corrected chi connectivity index (χ0v) is 35.4. The molecule has 0 saturated carbocycles. The van der Waals surface area contributed by atoms with E-state index in [4.69, 9.17) is 2.74 Å². The molecule has 12 aromatic rings. The van der Waals surface area contributed by atoms with E-state index in [0.29, 0.717) is 5.39 Å². The first kappa shape index (κ1) is 33.7. The lowest BCUT2D eigenvalue weighted by Crippen LogP contribution is -2.74. The number of benzene rings is 10. The van der Waals surface area contributed by atoms with E-state index in [2.05, 4.69) is 234 Å². The molecule has 2 nitrogen and oxygen atoms in total. The van der Waals surface area contributed by atoms with Crippen molar-refractivity contribution in [3.63, 3.8) is 0 Å². The summed E-state index contributed by atoms with van der Waals surface area (Å²) in [5, 5.41) is 9.01. The molecule has 0 N–H and O–H groups in total. The van der Waals surface area contributed by atoms with Gasteiger partial charge in [0.15, 0.2) is 8.07 Å². The standard InChI is InChI=1S/C60H42N2Si/c1-5-19-43(20-6-1)44-21-17-23-47(39-44)61-58-34-16-14-32-54(58)56-42-48(36-38-60(56)61)62-57-33-15-13-31-53(57)55-41-46(35-37-59(55)62)45-22-18-30-52(40-45)63(49-24-7-2-8-25-49,50-26-9-3-10-27-50)51-28-11-4-12-29-51/h1-42H/i13D,15D,31D. The summed E-state index contributed by atoms with van der Waals surface area (Å²) in [5.41, 5.74) is 10.3. The minimum absolute atomic E-state index is 0.0319. The fraction of sp³-hybridized carbons (Fsp3) is 0. The van der Waals surface area contributed by atoms with Crippen molar-refractivity contribution in [2.75, 3.05) is 0 Å². The van der Waals surface area contributed by atoms with Gasteiger partial charge < -0.3 is 9.13 Å². The van der Waals surface area contributed by atoms with Crippen LogP contribution in [0, 0.1) is 0 Å². The minimum Gasteiger partial charge on any atom is -0.309 e. The summed E-state index contributed by atoms with van der Waals surface area (Å²) in [4.78, 5) is 0. The number of para-hydroxylation sites is 2. The molecule has 10 aromatic carbocycles. The molecule has 63 heavy (non-hydrogen) atoms. The van der Waals surface area contributed by atoms with E-state index in [1.165, 1.54) is 26.3 Å². The molecule has 0 bridgehead atoms. The number of nitrogens with zero attached hydrogens (tertiary/aromatic N) is 2. The van der Waals surface area contributed by atoms with Crippen LogP contribution in [-0.2, 0) is 0 Å². The summed E-state index contributed by atoms with van der Waals surface area (Å²) in [6.45, 7) is 0. The molecular weight excluding hydrogens is 777 g/mol. The van der Waals surface area contributed by atoms with Crippen LogP contribution in [-0.4, -0.2) is 17.2 Å². The van der Waals surface area contributed by atoms with E-state index in [0.717, 1.165) is 66.3 Å². The van der Waals surface area contributed by atoms with Crippen LogP contribution in [0.15, 0.2) is 255 Å². The Kier molecular flexibility index (Phi) is 8.12. The molecular formula is C60H42N2Si. The predicted octanol–water partition coefficient (Wildman–Crippen LogP) is 12.6. The zero-order valence-electron chi connectivity index (χ0n) is 37.4. The SMILES string of the molecule is [2H]c1cc2c(c([2H])c1[2H])c1cc(-c3cccc([Si](c4ccccc4)(c4ccccc4)c4ccccc4)c3)ccc1n2-c1ccc2c(c1)c1ccccc1n2-c1cccc(-c2ccccc2)c1. The first-order chi connectivity index (χ1) is 32.5. The van der Waals surface area contributed by atoms with Gasteiger partial charge in [0.1, 0.15) is 0 Å². The van der Waals surface area contributed by atoms with Crippen LogP contribution in [0.5, 0.6) is 0 Å². The lowest BCUT2D eigenvalue weighted by atomic mass is 10.0. The van der Waals surface area contributed by atoms with Crippen LogP contribution in [0.3, 0.4) is 0 Å². The highest BCUT2D eigenvalue weighted by molar-refractivity contribution is 7.19. The van der Waals surface area contributed by atoms with Crippen LogP contribution < -0.4 is 20.7 Å². The van der Waals surface area contributed by atoms with E-state index in [1.54, 1.807) is 6.07 Å². The summed E-state index contributed by atoms with van der Waals surface area (Å²) in [7, 11) is -2.79. The number of hydrogen-bond acceptors (Lipinski definition) is 0. The molecule has 0 atom stereocenters. The van der Waals surface area contributed by atoms with E-state index in [9.17, 15) is 1.37 Å². The second kappa shape index (κ2) is 15.2. The van der Waals surface area contributed by atoms with Crippen LogP contribution in [0.25, 0.3) is 77.2 Å². The van der Waals surface area contributed by atoms with Gasteiger partial charge in [-0.15, -0.1) is 0 Å². The lowest BCUT2D eigenvalue weighted by molar-refractivity contribution is 1.17. The highest BCUT2D eigenvalue weighted by Crippen LogP contribution is 2.38. The molecule has 0 amide bonds. The Morgan fingerprint density at radius 1 is 0.286 bits per heavy atom. The van der Waals surface area contributed by atoms with E-state index in [1.807, 2.05) is 6.07 Å². The Morgan fingerprint density at radius 2 is 0.762 bits per heavy atom. The van der Waals surface area contributed by atoms with Gasteiger partial charge in [-0.2, -0.15) is 0 Å². The molecule has 0 saturated heterocycles. The van der Waals surface area contributed by atoms with Crippen molar-refractivity contribution < 1.29 is 4.11 Å². The highest BCUT2D eigenvalue weighted by atomic mass is 28.3. The molecule has 0 radical (unpaired) electrons. The smallest absolute Gasteiger partial charge is 0.179 e. The Bertz CT molecular complexity index is 3690. The molecule has 12 rings (SSSR count). The van der Waals surface area contributed by atoms with Crippen LogP contribution in [0.2, 0.25) is 0 Å². The minimum atomic E-state index is -2.79. The fourth-order valence-corrected chi connectivity index (χ4v) is 14.9. The Morgan fingerprint density at radius 3 is 1.44 bits per heavy atom. The van der Waals surface area contributed by atoms with E-state index < -0.39 is 8.07 Å². The monoisotopic (exact) mass is 821 g/mol. The Balaban J connectivity index is 1.05. The molecule has 0 aliphatic heterocycles. The van der Waals surface area contributed by atoms with Crippen molar-refractivity contribution in [2.45, 2.75) is 0 Å². The second-order valence-corrected chi connectivity index (χ2v) is 20.1. The quantitative estimate of drug-likeness (QED) is 0.107. The third-order valence-electron chi connectivity index (χ3n) is 12.8. The summed E-state index contributed by atoms with van der Waals surface area (Å²) >= 11 is 0. The number of hydrogen-bond donors (Lipinski definition) is 0. The van der Waals surface area contributed by atoms with Crippen molar-refractivity contribution in [1.29, 1.82) is 0 Å². The summed E-state index contributed by atoms with van der Waals surface area (Å²) in [5.74, 6) is 0. The molecule has 296 valence electrons. The molecule has 0 aliphatic rings. The fourth-order valence-electron chi connectivity index (χ4n) is 10.1. The van der Waals surface area contributed by atoms with Crippen molar-refractivity contribution in [1.82, 2.24) is 9.13 Å². The van der Waals surface area contributed by atoms with Gasteiger partial charge in [-0.3, -0.25) is 0 Å². The van der Waals surface area contributed by atoms with Crippen LogP contribution in [0.1, 0.15) is 4.11 Å². The first-order valence-corrected chi connectivity index (χ1v) is 23.5. The van der Waals surface area contributed by atoms with Gasteiger partial charge in [-0.25, -0.2) is 0 Å². The normalized spacial score (nSPS) is 12.5. The van der Waals surface area contributed by atoms with Gasteiger partial charge in [0.05, 0.1) is 26.2 Å². The van der Waals surface area contributed by atoms with Gasteiger partial charge in [-0.05, 0) is 97.6 Å². The number of fused-ring (bicyclic) bond motifs is 6. The van der Waals surface area contributed by atoms with Crippen molar-refractivity contribution in [3.8, 4) is 33.6 Å². The molecule has 0 fully saturated rings. The van der Waals surface area contributed by atoms with Gasteiger partial charge >= 0.3 is 0 Å². The van der Waals surface area contributed by atoms with Crippen LogP contribution >= 0.6 is 0 Å². The first-order valence-electron chi connectivity index (χ1n) is 23.0. The maximum Gasteiger partial charge on any atom is 0.179 e. The summed E-state index contributed by atoms with van der Waals surface area (Å²) < 4.78 is 31.6. The molecule has 0 spiro atoms. The van der Waals surface area contributed by atoms with Gasteiger partial charge in [0, 0.05) is 32.9 Å². The van der Waals surface area contributed by atoms with Crippen molar-refractivity contribution in [2.24, 2.45) is 0 Å². The van der Waals surface area contributed by atoms with E-state index >= 15 is 0 Å². The molecule has 2 aromatic heterocycles. The molecule has 3 heteroatoms. The topological polar surface area (TPSA) is 9.86 Å². The van der Waals surface area contributed by atoms with Gasteiger partial charge in [-0.1, -0.05) is 200 Å². The zero-order chi connectivity index (χ0) is 44.4. The average molecular weight is 822 g/mol. The number of rotatable bonds is 8. The second-order valence-electron chi connectivity index (χ2n) is 16.3. The third-order valence-corrected chi connectivity index (χ3v) is 17.6. The third kappa shape index (κ3) is 6.00.